The first-order valence-electron chi connectivity index (χ1n) is 9.92. The van der Waals surface area contributed by atoms with E-state index in [9.17, 15) is 4.79 Å². The Bertz CT molecular complexity index is 862. The molecule has 2 amide bonds. The van der Waals surface area contributed by atoms with Crippen LogP contribution in [0.25, 0.3) is 0 Å². The zero-order valence-electron chi connectivity index (χ0n) is 16.4. The van der Waals surface area contributed by atoms with Gasteiger partial charge in [0.05, 0.1) is 12.2 Å². The molecule has 7 heteroatoms. The molecule has 0 aliphatic carbocycles. The van der Waals surface area contributed by atoms with Crippen molar-refractivity contribution in [2.24, 2.45) is 5.92 Å². The van der Waals surface area contributed by atoms with Gasteiger partial charge in [-0.1, -0.05) is 18.5 Å². The van der Waals surface area contributed by atoms with Gasteiger partial charge in [0, 0.05) is 42.3 Å². The van der Waals surface area contributed by atoms with Crippen LogP contribution in [-0.4, -0.2) is 40.5 Å². The van der Waals surface area contributed by atoms with Crippen molar-refractivity contribution >= 4 is 29.1 Å². The summed E-state index contributed by atoms with van der Waals surface area (Å²) in [6.45, 7) is 7.48. The third-order valence-corrected chi connectivity index (χ3v) is 5.87. The van der Waals surface area contributed by atoms with E-state index in [0.29, 0.717) is 18.1 Å². The second kappa shape index (κ2) is 7.95. The minimum Gasteiger partial charge on any atom is -0.356 e. The fraction of sp³-hybridized carbons (Fsp3) is 0.476. The fourth-order valence-electron chi connectivity index (χ4n) is 3.91. The van der Waals surface area contributed by atoms with Crippen molar-refractivity contribution in [2.75, 3.05) is 29.9 Å². The third kappa shape index (κ3) is 4.07. The summed E-state index contributed by atoms with van der Waals surface area (Å²) in [7, 11) is 0. The molecule has 2 aromatic rings. The van der Waals surface area contributed by atoms with E-state index in [4.69, 9.17) is 16.6 Å². The molecule has 148 valence electrons. The fourth-order valence-corrected chi connectivity index (χ4v) is 4.03. The summed E-state index contributed by atoms with van der Waals surface area (Å²) in [5, 5.41) is 3.61. The molecule has 1 aromatic carbocycles. The number of benzene rings is 1. The Labute approximate surface area is 170 Å². The average molecular weight is 400 g/mol. The standard InChI is InChI=1S/C21H26ClN5O/c1-14-7-10-26(11-8-14)20-18-13-27(12-9-19(18)23-15(2)24-20)21(28)25-17-5-3-16(22)4-6-17/h3-6,14H,7-13H2,1-2H3,(H,25,28). The van der Waals surface area contributed by atoms with Crippen LogP contribution >= 0.6 is 11.6 Å². The van der Waals surface area contributed by atoms with Gasteiger partial charge in [-0.15, -0.1) is 0 Å². The van der Waals surface area contributed by atoms with Crippen molar-refractivity contribution in [3.8, 4) is 0 Å². The van der Waals surface area contributed by atoms with Crippen LogP contribution < -0.4 is 10.2 Å². The second-order valence-corrected chi connectivity index (χ2v) is 8.23. The van der Waals surface area contributed by atoms with E-state index in [1.165, 1.54) is 12.8 Å². The van der Waals surface area contributed by atoms with Crippen molar-refractivity contribution in [2.45, 2.75) is 39.7 Å². The van der Waals surface area contributed by atoms with Crippen LogP contribution in [0.1, 0.15) is 36.8 Å². The van der Waals surface area contributed by atoms with Gasteiger partial charge in [0.2, 0.25) is 0 Å². The molecular formula is C21H26ClN5O. The Kier molecular flexibility index (Phi) is 5.40. The number of carbonyl (C=O) groups is 1. The maximum atomic E-state index is 12.8. The lowest BCUT2D eigenvalue weighted by Gasteiger charge is -2.36. The van der Waals surface area contributed by atoms with Crippen LogP contribution in [0.2, 0.25) is 5.02 Å². The first kappa shape index (κ1) is 19.0. The van der Waals surface area contributed by atoms with Gasteiger partial charge in [-0.25, -0.2) is 14.8 Å². The maximum absolute atomic E-state index is 12.8. The molecule has 4 rings (SSSR count). The number of aryl methyl sites for hydroxylation is 1. The van der Waals surface area contributed by atoms with Gasteiger partial charge in [-0.2, -0.15) is 0 Å². The van der Waals surface area contributed by atoms with Crippen molar-refractivity contribution in [3.63, 3.8) is 0 Å². The van der Waals surface area contributed by atoms with E-state index in [0.717, 1.165) is 54.0 Å². The monoisotopic (exact) mass is 399 g/mol. The number of urea groups is 1. The molecule has 0 spiro atoms. The lowest BCUT2D eigenvalue weighted by Crippen LogP contribution is -2.41. The quantitative estimate of drug-likeness (QED) is 0.819. The highest BCUT2D eigenvalue weighted by atomic mass is 35.5. The average Bonchev–Trinajstić information content (AvgIpc) is 2.69. The number of fused-ring (bicyclic) bond motifs is 1. The Morgan fingerprint density at radius 3 is 2.57 bits per heavy atom. The van der Waals surface area contributed by atoms with Gasteiger partial charge in [0.25, 0.3) is 0 Å². The van der Waals surface area contributed by atoms with Gasteiger partial charge in [0.15, 0.2) is 0 Å². The highest BCUT2D eigenvalue weighted by Gasteiger charge is 2.28. The van der Waals surface area contributed by atoms with E-state index in [1.807, 2.05) is 24.0 Å². The van der Waals surface area contributed by atoms with Crippen LogP contribution in [0, 0.1) is 12.8 Å². The van der Waals surface area contributed by atoms with E-state index >= 15 is 0 Å². The summed E-state index contributed by atoms with van der Waals surface area (Å²) in [5.41, 5.74) is 2.92. The number of amides is 2. The van der Waals surface area contributed by atoms with Crippen LogP contribution in [0.5, 0.6) is 0 Å². The Balaban J connectivity index is 1.53. The zero-order chi connectivity index (χ0) is 19.7. The molecule has 2 aliphatic heterocycles. The minimum atomic E-state index is -0.105. The molecule has 1 aromatic heterocycles. The lowest BCUT2D eigenvalue weighted by atomic mass is 9.98. The van der Waals surface area contributed by atoms with Crippen molar-refractivity contribution in [1.29, 1.82) is 0 Å². The maximum Gasteiger partial charge on any atom is 0.322 e. The molecule has 28 heavy (non-hydrogen) atoms. The SMILES string of the molecule is Cc1nc2c(c(N3CCC(C)CC3)n1)CN(C(=O)Nc1ccc(Cl)cc1)CC2. The first-order chi connectivity index (χ1) is 13.5. The number of nitrogens with one attached hydrogen (secondary N) is 1. The van der Waals surface area contributed by atoms with Gasteiger partial charge in [-0.05, 0) is 49.9 Å². The molecular weight excluding hydrogens is 374 g/mol. The van der Waals surface area contributed by atoms with E-state index in [2.05, 4.69) is 22.1 Å². The predicted octanol–water partition coefficient (Wildman–Crippen LogP) is 4.26. The summed E-state index contributed by atoms with van der Waals surface area (Å²) in [6, 6.07) is 7.06. The van der Waals surface area contributed by atoms with Gasteiger partial charge in [-0.3, -0.25) is 0 Å². The molecule has 6 nitrogen and oxygen atoms in total. The van der Waals surface area contributed by atoms with Crippen LogP contribution in [0.15, 0.2) is 24.3 Å². The molecule has 2 aliphatic rings. The first-order valence-corrected chi connectivity index (χ1v) is 10.3. The smallest absolute Gasteiger partial charge is 0.322 e. The summed E-state index contributed by atoms with van der Waals surface area (Å²) >= 11 is 5.92. The van der Waals surface area contributed by atoms with Gasteiger partial charge in [0.1, 0.15) is 11.6 Å². The summed E-state index contributed by atoms with van der Waals surface area (Å²) < 4.78 is 0. The molecule has 1 fully saturated rings. The summed E-state index contributed by atoms with van der Waals surface area (Å²) in [4.78, 5) is 26.4. The lowest BCUT2D eigenvalue weighted by molar-refractivity contribution is 0.206. The molecule has 0 bridgehead atoms. The molecule has 0 atom stereocenters. The summed E-state index contributed by atoms with van der Waals surface area (Å²) in [5.74, 6) is 2.58. The van der Waals surface area contributed by atoms with Crippen molar-refractivity contribution in [3.05, 3.63) is 46.4 Å². The number of nitrogens with zero attached hydrogens (tertiary/aromatic N) is 4. The van der Waals surface area contributed by atoms with E-state index in [1.54, 1.807) is 12.1 Å². The minimum absolute atomic E-state index is 0.105. The van der Waals surface area contributed by atoms with E-state index < -0.39 is 0 Å². The second-order valence-electron chi connectivity index (χ2n) is 7.80. The normalized spacial score (nSPS) is 17.4. The molecule has 0 radical (unpaired) electrons. The molecule has 3 heterocycles. The number of aromatic nitrogens is 2. The predicted molar refractivity (Wildman–Crippen MR) is 112 cm³/mol. The number of hydrogen-bond acceptors (Lipinski definition) is 4. The number of anilines is 2. The third-order valence-electron chi connectivity index (χ3n) is 5.62. The number of rotatable bonds is 2. The molecule has 1 N–H and O–H groups in total. The van der Waals surface area contributed by atoms with Crippen LogP contribution in [-0.2, 0) is 13.0 Å². The molecule has 0 saturated carbocycles. The van der Waals surface area contributed by atoms with Crippen molar-refractivity contribution in [1.82, 2.24) is 14.9 Å². The number of halogens is 1. The van der Waals surface area contributed by atoms with Crippen molar-refractivity contribution < 1.29 is 4.79 Å². The Hall–Kier alpha value is -2.34. The topological polar surface area (TPSA) is 61.4 Å². The molecule has 0 unspecified atom stereocenters. The van der Waals surface area contributed by atoms with E-state index in [-0.39, 0.29) is 6.03 Å². The van der Waals surface area contributed by atoms with Crippen LogP contribution in [0.4, 0.5) is 16.3 Å². The Morgan fingerprint density at radius 2 is 1.86 bits per heavy atom. The number of carbonyl (C=O) groups excluding carboxylic acids is 1. The number of hydrogen-bond donors (Lipinski definition) is 1. The zero-order valence-corrected chi connectivity index (χ0v) is 17.2. The highest BCUT2D eigenvalue weighted by Crippen LogP contribution is 2.30. The largest absolute Gasteiger partial charge is 0.356 e. The van der Waals surface area contributed by atoms with Crippen LogP contribution in [0.3, 0.4) is 0 Å². The molecule has 1 saturated heterocycles. The Morgan fingerprint density at radius 1 is 1.14 bits per heavy atom. The summed E-state index contributed by atoms with van der Waals surface area (Å²) in [6.07, 6.45) is 3.11. The van der Waals surface area contributed by atoms with Gasteiger partial charge >= 0.3 is 6.03 Å². The number of piperidine rings is 1. The highest BCUT2D eigenvalue weighted by molar-refractivity contribution is 6.30. The van der Waals surface area contributed by atoms with Gasteiger partial charge < -0.3 is 15.1 Å².